The van der Waals surface area contributed by atoms with Crippen molar-refractivity contribution in [2.24, 2.45) is 0 Å². The van der Waals surface area contributed by atoms with Gasteiger partial charge in [-0.2, -0.15) is 0 Å². The van der Waals surface area contributed by atoms with Gasteiger partial charge in [0.05, 0.1) is 18.7 Å². The Hall–Kier alpha value is -4.06. The minimum atomic E-state index is -0.759. The molecule has 4 rings (SSSR count). The van der Waals surface area contributed by atoms with Crippen molar-refractivity contribution in [2.45, 2.75) is 33.7 Å². The highest BCUT2D eigenvalue weighted by Crippen LogP contribution is 2.43. The summed E-state index contributed by atoms with van der Waals surface area (Å²) in [5.74, 6) is -0.915. The summed E-state index contributed by atoms with van der Waals surface area (Å²) in [6.45, 7) is 9.71. The SMILES string of the molecule is CCN(CC)c1ccc(N2C(=O)C(=O)/C(=C(\O)c3ccc(OC)cc3C)C2c2cccc(C)c2)cc1. The Labute approximate surface area is 212 Å². The Morgan fingerprint density at radius 3 is 2.25 bits per heavy atom. The van der Waals surface area contributed by atoms with Crippen LogP contribution < -0.4 is 14.5 Å². The van der Waals surface area contributed by atoms with Crippen LogP contribution in [-0.4, -0.2) is 37.0 Å². The lowest BCUT2D eigenvalue weighted by molar-refractivity contribution is -0.132. The molecule has 0 saturated carbocycles. The summed E-state index contributed by atoms with van der Waals surface area (Å²) in [6.07, 6.45) is 0. The Kier molecular flexibility index (Phi) is 7.15. The molecule has 1 atom stereocenters. The Morgan fingerprint density at radius 2 is 1.67 bits per heavy atom. The molecule has 1 fully saturated rings. The quantitative estimate of drug-likeness (QED) is 0.261. The predicted molar refractivity (Wildman–Crippen MR) is 144 cm³/mol. The molecule has 1 aliphatic heterocycles. The van der Waals surface area contributed by atoms with Crippen molar-refractivity contribution >= 4 is 28.8 Å². The number of amides is 1. The van der Waals surface area contributed by atoms with Gasteiger partial charge in [-0.1, -0.05) is 29.8 Å². The first-order valence-corrected chi connectivity index (χ1v) is 12.2. The number of carbonyl (C=O) groups excluding carboxylic acids is 2. The van der Waals surface area contributed by atoms with E-state index in [2.05, 4.69) is 18.7 Å². The van der Waals surface area contributed by atoms with Crippen LogP contribution in [-0.2, 0) is 9.59 Å². The lowest BCUT2D eigenvalue weighted by Crippen LogP contribution is -2.29. The molecule has 0 aliphatic carbocycles. The molecule has 0 bridgehead atoms. The third-order valence-corrected chi connectivity index (χ3v) is 6.75. The van der Waals surface area contributed by atoms with E-state index >= 15 is 0 Å². The maximum Gasteiger partial charge on any atom is 0.300 e. The number of aryl methyl sites for hydroxylation is 2. The summed E-state index contributed by atoms with van der Waals surface area (Å²) in [7, 11) is 1.57. The van der Waals surface area contributed by atoms with Crippen LogP contribution in [0.25, 0.3) is 5.76 Å². The fourth-order valence-electron chi connectivity index (χ4n) is 4.84. The minimum absolute atomic E-state index is 0.0756. The number of rotatable bonds is 7. The van der Waals surface area contributed by atoms with Crippen LogP contribution in [0.15, 0.2) is 72.3 Å². The number of nitrogens with zero attached hydrogens (tertiary/aromatic N) is 2. The molecular weight excluding hydrogens is 452 g/mol. The van der Waals surface area contributed by atoms with Gasteiger partial charge in [-0.15, -0.1) is 0 Å². The molecular formula is C30H32N2O4. The van der Waals surface area contributed by atoms with E-state index in [9.17, 15) is 14.7 Å². The van der Waals surface area contributed by atoms with Gasteiger partial charge in [0, 0.05) is 30.0 Å². The number of ketones is 1. The van der Waals surface area contributed by atoms with Crippen molar-refractivity contribution in [2.75, 3.05) is 30.0 Å². The van der Waals surface area contributed by atoms with Crippen LogP contribution in [0.5, 0.6) is 5.75 Å². The van der Waals surface area contributed by atoms with Gasteiger partial charge >= 0.3 is 0 Å². The molecule has 1 saturated heterocycles. The molecule has 1 amide bonds. The van der Waals surface area contributed by atoms with Gasteiger partial charge in [-0.25, -0.2) is 0 Å². The number of aliphatic hydroxyl groups is 1. The van der Waals surface area contributed by atoms with E-state index in [1.54, 1.807) is 25.3 Å². The number of hydrogen-bond donors (Lipinski definition) is 1. The van der Waals surface area contributed by atoms with Crippen molar-refractivity contribution in [3.05, 3.63) is 94.6 Å². The molecule has 6 heteroatoms. The van der Waals surface area contributed by atoms with Gasteiger partial charge < -0.3 is 14.7 Å². The highest BCUT2D eigenvalue weighted by atomic mass is 16.5. The van der Waals surface area contributed by atoms with E-state index in [1.165, 1.54) is 4.90 Å². The van der Waals surface area contributed by atoms with Gasteiger partial charge in [0.1, 0.15) is 11.5 Å². The van der Waals surface area contributed by atoms with Crippen molar-refractivity contribution < 1.29 is 19.4 Å². The lowest BCUT2D eigenvalue weighted by Gasteiger charge is -2.27. The van der Waals surface area contributed by atoms with Crippen LogP contribution in [0.1, 0.15) is 42.1 Å². The van der Waals surface area contributed by atoms with E-state index in [4.69, 9.17) is 4.74 Å². The number of ether oxygens (including phenoxy) is 1. The Balaban J connectivity index is 1.89. The summed E-state index contributed by atoms with van der Waals surface area (Å²) in [6, 6.07) is 19.8. The summed E-state index contributed by atoms with van der Waals surface area (Å²) < 4.78 is 5.28. The normalized spacial score (nSPS) is 16.9. The smallest absolute Gasteiger partial charge is 0.300 e. The number of aliphatic hydroxyl groups excluding tert-OH is 1. The van der Waals surface area contributed by atoms with Crippen LogP contribution >= 0.6 is 0 Å². The fourth-order valence-corrected chi connectivity index (χ4v) is 4.84. The molecule has 3 aromatic rings. The van der Waals surface area contributed by atoms with Gasteiger partial charge in [0.2, 0.25) is 0 Å². The van der Waals surface area contributed by atoms with Gasteiger partial charge in [-0.3, -0.25) is 14.5 Å². The Bertz CT molecular complexity index is 1320. The number of anilines is 2. The van der Waals surface area contributed by atoms with Gasteiger partial charge in [0.15, 0.2) is 0 Å². The maximum absolute atomic E-state index is 13.4. The standard InChI is InChI=1S/C30H32N2O4/c1-6-31(7-2)22-11-13-23(14-12-22)32-27(21-10-8-9-19(3)17-21)26(29(34)30(32)35)28(33)25-16-15-24(36-5)18-20(25)4/h8-18,27,33H,6-7H2,1-5H3/b28-26-. The second kappa shape index (κ2) is 10.3. The molecule has 1 N–H and O–H groups in total. The first-order chi connectivity index (χ1) is 17.3. The summed E-state index contributed by atoms with van der Waals surface area (Å²) in [5.41, 5.74) is 4.70. The third kappa shape index (κ3) is 4.47. The summed E-state index contributed by atoms with van der Waals surface area (Å²) in [5, 5.41) is 11.4. The van der Waals surface area contributed by atoms with Crippen LogP contribution in [0.4, 0.5) is 11.4 Å². The van der Waals surface area contributed by atoms with E-state index in [1.807, 2.05) is 62.4 Å². The van der Waals surface area contributed by atoms with Crippen molar-refractivity contribution in [1.29, 1.82) is 0 Å². The average Bonchev–Trinajstić information content (AvgIpc) is 3.15. The highest BCUT2D eigenvalue weighted by Gasteiger charge is 2.47. The molecule has 0 radical (unpaired) electrons. The fraction of sp³-hybridized carbons (Fsp3) is 0.267. The molecule has 1 heterocycles. The molecule has 186 valence electrons. The monoisotopic (exact) mass is 484 g/mol. The molecule has 1 aliphatic rings. The van der Waals surface area contributed by atoms with E-state index in [0.29, 0.717) is 17.0 Å². The maximum atomic E-state index is 13.4. The molecule has 1 unspecified atom stereocenters. The molecule has 0 aromatic heterocycles. The van der Waals surface area contributed by atoms with Crippen LogP contribution in [0.2, 0.25) is 0 Å². The second-order valence-electron chi connectivity index (χ2n) is 8.95. The number of hydrogen-bond acceptors (Lipinski definition) is 5. The zero-order valence-electron chi connectivity index (χ0n) is 21.4. The number of methoxy groups -OCH3 is 1. The number of carbonyl (C=O) groups is 2. The third-order valence-electron chi connectivity index (χ3n) is 6.75. The van der Waals surface area contributed by atoms with Gasteiger partial charge in [-0.05, 0) is 81.3 Å². The lowest BCUT2D eigenvalue weighted by atomic mass is 9.93. The Morgan fingerprint density at radius 1 is 0.972 bits per heavy atom. The minimum Gasteiger partial charge on any atom is -0.507 e. The van der Waals surface area contributed by atoms with Crippen LogP contribution in [0, 0.1) is 13.8 Å². The topological polar surface area (TPSA) is 70.1 Å². The highest BCUT2D eigenvalue weighted by molar-refractivity contribution is 6.51. The first kappa shape index (κ1) is 25.0. The van der Waals surface area contributed by atoms with E-state index in [-0.39, 0.29) is 11.3 Å². The summed E-state index contributed by atoms with van der Waals surface area (Å²) in [4.78, 5) is 30.6. The zero-order chi connectivity index (χ0) is 26.0. The van der Waals surface area contributed by atoms with Crippen LogP contribution in [0.3, 0.4) is 0 Å². The molecule has 0 spiro atoms. The second-order valence-corrected chi connectivity index (χ2v) is 8.95. The zero-order valence-corrected chi connectivity index (χ0v) is 21.4. The van der Waals surface area contributed by atoms with E-state index < -0.39 is 17.7 Å². The molecule has 36 heavy (non-hydrogen) atoms. The molecule has 6 nitrogen and oxygen atoms in total. The summed E-state index contributed by atoms with van der Waals surface area (Å²) >= 11 is 0. The predicted octanol–water partition coefficient (Wildman–Crippen LogP) is 5.78. The van der Waals surface area contributed by atoms with Crippen molar-refractivity contribution in [3.63, 3.8) is 0 Å². The number of Topliss-reactive ketones (excluding diaryl/α,β-unsaturated/α-hetero) is 1. The van der Waals surface area contributed by atoms with Crippen molar-refractivity contribution in [1.82, 2.24) is 0 Å². The largest absolute Gasteiger partial charge is 0.507 e. The van der Waals surface area contributed by atoms with Crippen molar-refractivity contribution in [3.8, 4) is 5.75 Å². The molecule has 3 aromatic carbocycles. The number of benzene rings is 3. The van der Waals surface area contributed by atoms with E-state index in [0.717, 1.165) is 35.5 Å². The van der Waals surface area contributed by atoms with Gasteiger partial charge in [0.25, 0.3) is 11.7 Å². The first-order valence-electron chi connectivity index (χ1n) is 12.2. The average molecular weight is 485 g/mol.